The first-order valence-electron chi connectivity index (χ1n) is 9.14. The number of benzene rings is 3. The SMILES string of the molecule is Fc1ccc(-c2[nH]c3ccccc3[n+]2C2CC(c3ccccc3)NN2)cc1. The van der Waals surface area contributed by atoms with Crippen molar-refractivity contribution in [3.63, 3.8) is 0 Å². The molecule has 3 aromatic carbocycles. The monoisotopic (exact) mass is 359 g/mol. The van der Waals surface area contributed by atoms with Gasteiger partial charge in [-0.1, -0.05) is 42.5 Å². The van der Waals surface area contributed by atoms with Gasteiger partial charge >= 0.3 is 0 Å². The van der Waals surface area contributed by atoms with E-state index in [1.807, 2.05) is 30.3 Å². The molecule has 0 aliphatic carbocycles. The molecule has 4 aromatic rings. The van der Waals surface area contributed by atoms with Gasteiger partial charge < -0.3 is 0 Å². The van der Waals surface area contributed by atoms with Crippen molar-refractivity contribution < 1.29 is 8.96 Å². The summed E-state index contributed by atoms with van der Waals surface area (Å²) in [6, 6.07) is 25.5. The normalized spacial score (nSPS) is 19.6. The zero-order valence-corrected chi connectivity index (χ0v) is 14.7. The highest BCUT2D eigenvalue weighted by Crippen LogP contribution is 2.28. The Hall–Kier alpha value is -3.02. The summed E-state index contributed by atoms with van der Waals surface area (Å²) in [6.07, 6.45) is 0.983. The van der Waals surface area contributed by atoms with Crippen LogP contribution in [-0.4, -0.2) is 4.98 Å². The van der Waals surface area contributed by atoms with E-state index in [2.05, 4.69) is 56.8 Å². The van der Waals surface area contributed by atoms with Crippen molar-refractivity contribution >= 4 is 11.0 Å². The number of para-hydroxylation sites is 2. The molecule has 0 spiro atoms. The molecule has 1 fully saturated rings. The molecule has 5 rings (SSSR count). The van der Waals surface area contributed by atoms with E-state index in [9.17, 15) is 4.39 Å². The maximum atomic E-state index is 13.4. The van der Waals surface area contributed by atoms with Crippen LogP contribution in [0.1, 0.15) is 24.2 Å². The number of rotatable bonds is 3. The lowest BCUT2D eigenvalue weighted by Gasteiger charge is -2.10. The van der Waals surface area contributed by atoms with Crippen molar-refractivity contribution in [3.8, 4) is 11.4 Å². The summed E-state index contributed by atoms with van der Waals surface area (Å²) >= 11 is 0. The number of hydrazine groups is 1. The summed E-state index contributed by atoms with van der Waals surface area (Å²) in [4.78, 5) is 3.50. The predicted octanol–water partition coefficient (Wildman–Crippen LogP) is 4.00. The maximum Gasteiger partial charge on any atom is 0.288 e. The standard InChI is InChI=1S/C22H19FN4/c23-17-12-10-16(11-13-17)22-24-18-8-4-5-9-20(18)27(22)21-14-19(25-26-21)15-6-2-1-3-7-15/h1-13,19,21,25-26H,14H2/p+1. The molecule has 1 aliphatic heterocycles. The summed E-state index contributed by atoms with van der Waals surface area (Å²) in [7, 11) is 0. The number of halogens is 1. The lowest BCUT2D eigenvalue weighted by Crippen LogP contribution is -2.47. The fourth-order valence-electron chi connectivity index (χ4n) is 3.85. The van der Waals surface area contributed by atoms with E-state index in [0.29, 0.717) is 0 Å². The fourth-order valence-corrected chi connectivity index (χ4v) is 3.85. The second kappa shape index (κ2) is 6.61. The first-order valence-corrected chi connectivity index (χ1v) is 9.14. The van der Waals surface area contributed by atoms with Crippen molar-refractivity contribution in [1.82, 2.24) is 15.8 Å². The topological polar surface area (TPSA) is 43.7 Å². The largest absolute Gasteiger partial charge is 0.288 e. The Kier molecular flexibility index (Phi) is 3.96. The summed E-state index contributed by atoms with van der Waals surface area (Å²) in [5.74, 6) is 0.732. The van der Waals surface area contributed by atoms with Crippen molar-refractivity contribution in [2.75, 3.05) is 0 Å². The van der Waals surface area contributed by atoms with Gasteiger partial charge in [0.1, 0.15) is 5.82 Å². The number of aromatic amines is 1. The van der Waals surface area contributed by atoms with Gasteiger partial charge in [-0.15, -0.1) is 0 Å². The van der Waals surface area contributed by atoms with E-state index in [1.165, 1.54) is 17.7 Å². The van der Waals surface area contributed by atoms with E-state index in [-0.39, 0.29) is 18.0 Å². The molecule has 3 N–H and O–H groups in total. The minimum Gasteiger partial charge on any atom is -0.247 e. The number of aromatic nitrogens is 2. The van der Waals surface area contributed by atoms with Crippen LogP contribution in [0, 0.1) is 5.82 Å². The van der Waals surface area contributed by atoms with Gasteiger partial charge in [0.05, 0.1) is 11.6 Å². The van der Waals surface area contributed by atoms with Crippen LogP contribution in [-0.2, 0) is 0 Å². The zero-order chi connectivity index (χ0) is 18.2. The van der Waals surface area contributed by atoms with E-state index in [1.54, 1.807) is 0 Å². The molecule has 5 heteroatoms. The van der Waals surface area contributed by atoms with Gasteiger partial charge in [0.15, 0.2) is 17.2 Å². The van der Waals surface area contributed by atoms with E-state index in [0.717, 1.165) is 28.8 Å². The third-order valence-electron chi connectivity index (χ3n) is 5.17. The molecule has 1 saturated heterocycles. The molecule has 27 heavy (non-hydrogen) atoms. The Bertz CT molecular complexity index is 1070. The van der Waals surface area contributed by atoms with Crippen molar-refractivity contribution in [2.45, 2.75) is 18.6 Å². The molecule has 2 unspecified atom stereocenters. The Morgan fingerprint density at radius 2 is 1.56 bits per heavy atom. The van der Waals surface area contributed by atoms with E-state index >= 15 is 0 Å². The number of nitrogens with zero attached hydrogens (tertiary/aromatic N) is 1. The Morgan fingerprint density at radius 3 is 2.37 bits per heavy atom. The minimum absolute atomic E-state index is 0.0754. The second-order valence-electron chi connectivity index (χ2n) is 6.87. The van der Waals surface area contributed by atoms with Crippen LogP contribution in [0.3, 0.4) is 0 Å². The number of fused-ring (bicyclic) bond motifs is 1. The van der Waals surface area contributed by atoms with Gasteiger partial charge in [0.2, 0.25) is 0 Å². The smallest absolute Gasteiger partial charge is 0.247 e. The number of hydrogen-bond donors (Lipinski definition) is 3. The van der Waals surface area contributed by atoms with Crippen LogP contribution < -0.4 is 15.4 Å². The number of nitrogens with one attached hydrogen (secondary N) is 3. The summed E-state index contributed by atoms with van der Waals surface area (Å²) in [5.41, 5.74) is 11.2. The molecule has 4 nitrogen and oxygen atoms in total. The van der Waals surface area contributed by atoms with Crippen LogP contribution in [0.4, 0.5) is 4.39 Å². The van der Waals surface area contributed by atoms with Crippen molar-refractivity contribution in [1.29, 1.82) is 0 Å². The number of hydrogen-bond acceptors (Lipinski definition) is 2. The summed E-state index contributed by atoms with van der Waals surface area (Å²) in [5, 5.41) is 0. The van der Waals surface area contributed by atoms with Crippen LogP contribution >= 0.6 is 0 Å². The molecule has 0 saturated carbocycles. The average Bonchev–Trinajstić information content (AvgIpc) is 3.34. The number of imidazole rings is 1. The van der Waals surface area contributed by atoms with Crippen molar-refractivity contribution in [2.24, 2.45) is 0 Å². The zero-order valence-electron chi connectivity index (χ0n) is 14.7. The third kappa shape index (κ3) is 2.91. The Balaban J connectivity index is 1.58. The van der Waals surface area contributed by atoms with Crippen LogP contribution in [0.2, 0.25) is 0 Å². The first-order chi connectivity index (χ1) is 13.3. The summed E-state index contributed by atoms with van der Waals surface area (Å²) in [6.45, 7) is 0. The van der Waals surface area contributed by atoms with E-state index in [4.69, 9.17) is 0 Å². The van der Waals surface area contributed by atoms with Crippen LogP contribution in [0.5, 0.6) is 0 Å². The van der Waals surface area contributed by atoms with Crippen LogP contribution in [0.15, 0.2) is 78.9 Å². The second-order valence-corrected chi connectivity index (χ2v) is 6.87. The molecule has 1 aromatic heterocycles. The highest BCUT2D eigenvalue weighted by molar-refractivity contribution is 5.74. The molecule has 134 valence electrons. The van der Waals surface area contributed by atoms with Crippen molar-refractivity contribution in [3.05, 3.63) is 90.2 Å². The van der Waals surface area contributed by atoms with Crippen LogP contribution in [0.25, 0.3) is 22.4 Å². The van der Waals surface area contributed by atoms with Gasteiger partial charge in [-0.3, -0.25) is 0 Å². The predicted molar refractivity (Wildman–Crippen MR) is 103 cm³/mol. The molecule has 0 bridgehead atoms. The van der Waals surface area contributed by atoms with Gasteiger partial charge in [0, 0.05) is 6.42 Å². The van der Waals surface area contributed by atoms with Gasteiger partial charge in [-0.25, -0.2) is 24.8 Å². The first kappa shape index (κ1) is 16.2. The fraction of sp³-hybridized carbons (Fsp3) is 0.136. The van der Waals surface area contributed by atoms with Gasteiger partial charge in [-0.2, -0.15) is 0 Å². The molecular weight excluding hydrogens is 339 g/mol. The number of H-pyrrole nitrogens is 1. The summed E-state index contributed by atoms with van der Waals surface area (Å²) < 4.78 is 15.7. The third-order valence-corrected chi connectivity index (χ3v) is 5.17. The molecule has 0 radical (unpaired) electrons. The Labute approximate surface area is 156 Å². The van der Waals surface area contributed by atoms with Gasteiger partial charge in [-0.05, 0) is 42.0 Å². The van der Waals surface area contributed by atoms with E-state index < -0.39 is 0 Å². The highest BCUT2D eigenvalue weighted by atomic mass is 19.1. The lowest BCUT2D eigenvalue weighted by molar-refractivity contribution is -0.692. The average molecular weight is 359 g/mol. The lowest BCUT2D eigenvalue weighted by atomic mass is 10.0. The minimum atomic E-state index is -0.230. The Morgan fingerprint density at radius 1 is 0.815 bits per heavy atom. The maximum absolute atomic E-state index is 13.4. The molecule has 0 amide bonds. The molecule has 1 aliphatic rings. The molecule has 2 atom stereocenters. The quantitative estimate of drug-likeness (QED) is 0.484. The molecule has 2 heterocycles. The highest BCUT2D eigenvalue weighted by Gasteiger charge is 2.34. The molecular formula is C22H20FN4+. The van der Waals surface area contributed by atoms with Gasteiger partial charge in [0.25, 0.3) is 5.82 Å².